The predicted octanol–water partition coefficient (Wildman–Crippen LogP) is 2.36. The van der Waals surface area contributed by atoms with Gasteiger partial charge >= 0.3 is 0 Å². The number of hydrogen-bond donors (Lipinski definition) is 0. The quantitative estimate of drug-likeness (QED) is 0.628. The summed E-state index contributed by atoms with van der Waals surface area (Å²) in [5, 5.41) is 0. The first kappa shape index (κ1) is 10.4. The van der Waals surface area contributed by atoms with Crippen LogP contribution in [0.15, 0.2) is 0 Å². The fourth-order valence-electron chi connectivity index (χ4n) is 2.36. The lowest BCUT2D eigenvalue weighted by Crippen LogP contribution is -2.32. The van der Waals surface area contributed by atoms with E-state index in [1.165, 1.54) is 0 Å². The number of carbonyl (C=O) groups excluding carboxylic acids is 2. The molecule has 1 rings (SSSR count). The maximum atomic E-state index is 11.9. The second-order valence-corrected chi connectivity index (χ2v) is 3.89. The summed E-state index contributed by atoms with van der Waals surface area (Å²) >= 11 is 0. The van der Waals surface area contributed by atoms with E-state index in [0.717, 1.165) is 6.42 Å². The molecule has 0 heterocycles. The summed E-state index contributed by atoms with van der Waals surface area (Å²) in [5.41, 5.74) is -0.610. The molecule has 1 atom stereocenters. The van der Waals surface area contributed by atoms with Gasteiger partial charge in [0.25, 0.3) is 0 Å². The molecular formula is C11H18O2. The van der Waals surface area contributed by atoms with Crippen molar-refractivity contribution in [2.45, 2.75) is 46.5 Å². The normalized spacial score (nSPS) is 26.8. The van der Waals surface area contributed by atoms with Crippen LogP contribution >= 0.6 is 0 Å². The van der Waals surface area contributed by atoms with E-state index < -0.39 is 5.41 Å². The third kappa shape index (κ3) is 1.32. The molecule has 0 radical (unpaired) electrons. The van der Waals surface area contributed by atoms with Gasteiger partial charge in [-0.2, -0.15) is 0 Å². The average Bonchev–Trinajstić information content (AvgIpc) is 2.39. The van der Waals surface area contributed by atoms with Crippen molar-refractivity contribution in [3.8, 4) is 0 Å². The Morgan fingerprint density at radius 3 is 2.00 bits per heavy atom. The van der Waals surface area contributed by atoms with Gasteiger partial charge in [-0.1, -0.05) is 20.8 Å². The second-order valence-electron chi connectivity index (χ2n) is 3.89. The summed E-state index contributed by atoms with van der Waals surface area (Å²) in [4.78, 5) is 23.6. The summed E-state index contributed by atoms with van der Waals surface area (Å²) < 4.78 is 0. The molecule has 0 bridgehead atoms. The molecule has 1 unspecified atom stereocenters. The maximum Gasteiger partial charge on any atom is 0.149 e. The van der Waals surface area contributed by atoms with Gasteiger partial charge in [0.1, 0.15) is 11.6 Å². The summed E-state index contributed by atoms with van der Waals surface area (Å²) in [6, 6.07) is 0. The Bertz CT molecular complexity index is 226. The zero-order chi connectivity index (χ0) is 10.1. The molecule has 0 aromatic heterocycles. The third-order valence-electron chi connectivity index (χ3n) is 3.51. The standard InChI is InChI=1S/C11H18O2/c1-4-8-7-9(12)11(5-2,6-3)10(8)13/h8H,4-7H2,1-3H3. The minimum Gasteiger partial charge on any atom is -0.299 e. The van der Waals surface area contributed by atoms with Crippen LogP contribution in [0.25, 0.3) is 0 Å². The first-order valence-corrected chi connectivity index (χ1v) is 5.20. The van der Waals surface area contributed by atoms with Crippen LogP contribution in [0.3, 0.4) is 0 Å². The third-order valence-corrected chi connectivity index (χ3v) is 3.51. The number of carbonyl (C=O) groups is 2. The van der Waals surface area contributed by atoms with Crippen molar-refractivity contribution < 1.29 is 9.59 Å². The van der Waals surface area contributed by atoms with E-state index in [1.807, 2.05) is 20.8 Å². The molecule has 1 fully saturated rings. The highest BCUT2D eigenvalue weighted by Crippen LogP contribution is 2.41. The first-order chi connectivity index (χ1) is 6.12. The topological polar surface area (TPSA) is 34.1 Å². The van der Waals surface area contributed by atoms with Crippen molar-refractivity contribution in [2.24, 2.45) is 11.3 Å². The lowest BCUT2D eigenvalue weighted by atomic mass is 9.78. The van der Waals surface area contributed by atoms with Gasteiger partial charge in [0.05, 0.1) is 5.41 Å². The summed E-state index contributed by atoms with van der Waals surface area (Å²) in [5.74, 6) is 0.381. The van der Waals surface area contributed by atoms with Crippen molar-refractivity contribution in [2.75, 3.05) is 0 Å². The van der Waals surface area contributed by atoms with E-state index in [1.54, 1.807) is 0 Å². The van der Waals surface area contributed by atoms with Gasteiger partial charge < -0.3 is 0 Å². The van der Waals surface area contributed by atoms with E-state index in [0.29, 0.717) is 19.3 Å². The second kappa shape index (κ2) is 3.60. The zero-order valence-electron chi connectivity index (χ0n) is 8.72. The highest BCUT2D eigenvalue weighted by Gasteiger charge is 2.50. The Balaban J connectivity index is 2.98. The van der Waals surface area contributed by atoms with Gasteiger partial charge in [-0.15, -0.1) is 0 Å². The molecule has 0 aromatic carbocycles. The van der Waals surface area contributed by atoms with Crippen LogP contribution < -0.4 is 0 Å². The Morgan fingerprint density at radius 2 is 1.77 bits per heavy atom. The Morgan fingerprint density at radius 1 is 1.23 bits per heavy atom. The molecule has 0 N–H and O–H groups in total. The van der Waals surface area contributed by atoms with Gasteiger partial charge in [0.15, 0.2) is 0 Å². The molecule has 2 nitrogen and oxygen atoms in total. The van der Waals surface area contributed by atoms with Crippen molar-refractivity contribution >= 4 is 11.6 Å². The minimum atomic E-state index is -0.610. The number of Topliss-reactive ketones (excluding diaryl/α,β-unsaturated/α-hetero) is 2. The van der Waals surface area contributed by atoms with E-state index in [2.05, 4.69) is 0 Å². The molecule has 0 amide bonds. The van der Waals surface area contributed by atoms with Gasteiger partial charge in [-0.25, -0.2) is 0 Å². The molecule has 0 saturated heterocycles. The number of hydrogen-bond acceptors (Lipinski definition) is 2. The summed E-state index contributed by atoms with van der Waals surface area (Å²) in [7, 11) is 0. The molecule has 1 aliphatic rings. The molecule has 1 aliphatic carbocycles. The largest absolute Gasteiger partial charge is 0.299 e. The fraction of sp³-hybridized carbons (Fsp3) is 0.818. The Labute approximate surface area is 79.7 Å². The molecule has 2 heteroatoms. The SMILES string of the molecule is CCC1CC(=O)C(CC)(CC)C1=O. The number of ketones is 2. The average molecular weight is 182 g/mol. The smallest absolute Gasteiger partial charge is 0.149 e. The van der Waals surface area contributed by atoms with E-state index in [9.17, 15) is 9.59 Å². The first-order valence-electron chi connectivity index (χ1n) is 5.20. The van der Waals surface area contributed by atoms with Crippen LogP contribution in [-0.4, -0.2) is 11.6 Å². The lowest BCUT2D eigenvalue weighted by molar-refractivity contribution is -0.136. The van der Waals surface area contributed by atoms with E-state index in [4.69, 9.17) is 0 Å². The number of rotatable bonds is 3. The highest BCUT2D eigenvalue weighted by molar-refractivity contribution is 6.14. The van der Waals surface area contributed by atoms with Crippen molar-refractivity contribution in [1.82, 2.24) is 0 Å². The molecule has 13 heavy (non-hydrogen) atoms. The molecule has 74 valence electrons. The van der Waals surface area contributed by atoms with Crippen LogP contribution in [0.4, 0.5) is 0 Å². The highest BCUT2D eigenvalue weighted by atomic mass is 16.2. The van der Waals surface area contributed by atoms with Crippen molar-refractivity contribution in [1.29, 1.82) is 0 Å². The molecule has 1 saturated carbocycles. The molecular weight excluding hydrogens is 164 g/mol. The minimum absolute atomic E-state index is 0.00685. The van der Waals surface area contributed by atoms with Crippen LogP contribution in [0.5, 0.6) is 0 Å². The van der Waals surface area contributed by atoms with E-state index in [-0.39, 0.29) is 17.5 Å². The predicted molar refractivity (Wildman–Crippen MR) is 51.4 cm³/mol. The van der Waals surface area contributed by atoms with Gasteiger partial charge in [0.2, 0.25) is 0 Å². The van der Waals surface area contributed by atoms with Gasteiger partial charge in [-0.05, 0) is 19.3 Å². The van der Waals surface area contributed by atoms with E-state index >= 15 is 0 Å². The van der Waals surface area contributed by atoms with Gasteiger partial charge in [0, 0.05) is 12.3 Å². The Hall–Kier alpha value is -0.660. The fourth-order valence-corrected chi connectivity index (χ4v) is 2.36. The Kier molecular flexibility index (Phi) is 2.89. The summed E-state index contributed by atoms with van der Waals surface area (Å²) in [6.45, 7) is 5.87. The monoisotopic (exact) mass is 182 g/mol. The lowest BCUT2D eigenvalue weighted by Gasteiger charge is -2.22. The molecule has 0 aromatic rings. The van der Waals surface area contributed by atoms with Crippen LogP contribution in [-0.2, 0) is 9.59 Å². The van der Waals surface area contributed by atoms with Gasteiger partial charge in [-0.3, -0.25) is 9.59 Å². The van der Waals surface area contributed by atoms with Crippen LogP contribution in [0, 0.1) is 11.3 Å². The maximum absolute atomic E-state index is 11.9. The molecule has 0 spiro atoms. The van der Waals surface area contributed by atoms with Crippen LogP contribution in [0.1, 0.15) is 46.5 Å². The van der Waals surface area contributed by atoms with Crippen LogP contribution in [0.2, 0.25) is 0 Å². The summed E-state index contributed by atoms with van der Waals surface area (Å²) in [6.07, 6.45) is 2.65. The van der Waals surface area contributed by atoms with Crippen molar-refractivity contribution in [3.05, 3.63) is 0 Å². The van der Waals surface area contributed by atoms with Crippen molar-refractivity contribution in [3.63, 3.8) is 0 Å². The zero-order valence-corrected chi connectivity index (χ0v) is 8.72. The molecule has 0 aliphatic heterocycles.